The van der Waals surface area contributed by atoms with Crippen molar-refractivity contribution in [2.75, 3.05) is 13.2 Å². The van der Waals surface area contributed by atoms with E-state index in [4.69, 9.17) is 14.6 Å². The maximum absolute atomic E-state index is 13.4. The summed E-state index contributed by atoms with van der Waals surface area (Å²) >= 11 is 1.31. The van der Waals surface area contributed by atoms with Gasteiger partial charge in [0.05, 0.1) is 23.4 Å². The van der Waals surface area contributed by atoms with Crippen LogP contribution in [0.2, 0.25) is 0 Å². The zero-order valence-corrected chi connectivity index (χ0v) is 24.6. The van der Waals surface area contributed by atoms with E-state index < -0.39 is 0 Å². The Morgan fingerprint density at radius 3 is 2.43 bits per heavy atom. The molecule has 0 unspecified atom stereocenters. The summed E-state index contributed by atoms with van der Waals surface area (Å²) < 4.78 is 15.2. The summed E-state index contributed by atoms with van der Waals surface area (Å²) in [5, 5.41) is 9.45. The van der Waals surface area contributed by atoms with E-state index in [-0.39, 0.29) is 5.56 Å². The van der Waals surface area contributed by atoms with Crippen molar-refractivity contribution in [3.8, 4) is 39.8 Å². The molecule has 0 radical (unpaired) electrons. The second-order valence-electron chi connectivity index (χ2n) is 9.90. The highest BCUT2D eigenvalue weighted by atomic mass is 32.1. The van der Waals surface area contributed by atoms with Crippen LogP contribution in [0.1, 0.15) is 37.8 Å². The van der Waals surface area contributed by atoms with Gasteiger partial charge >= 0.3 is 0 Å². The fraction of sp³-hybridized carbons (Fsp3) is 0.212. The third-order valence-corrected chi connectivity index (χ3v) is 7.82. The van der Waals surface area contributed by atoms with E-state index in [0.29, 0.717) is 28.5 Å². The number of benzene rings is 3. The van der Waals surface area contributed by atoms with E-state index >= 15 is 0 Å². The maximum atomic E-state index is 13.4. The number of nitrogens with zero attached hydrogens (tertiary/aromatic N) is 5. The van der Waals surface area contributed by atoms with E-state index in [0.717, 1.165) is 58.0 Å². The van der Waals surface area contributed by atoms with E-state index in [1.807, 2.05) is 97.5 Å². The number of aryl methyl sites for hydroxylation is 1. The summed E-state index contributed by atoms with van der Waals surface area (Å²) in [6.45, 7) is 7.42. The molecule has 3 aromatic heterocycles. The summed E-state index contributed by atoms with van der Waals surface area (Å²) in [6.07, 6.45) is 5.92. The molecule has 0 amide bonds. The Bertz CT molecular complexity index is 1940. The second kappa shape index (κ2) is 12.0. The van der Waals surface area contributed by atoms with E-state index in [1.54, 1.807) is 0 Å². The lowest BCUT2D eigenvalue weighted by Gasteiger charge is -2.08. The lowest BCUT2D eigenvalue weighted by atomic mass is 10.0. The average Bonchev–Trinajstić information content (AvgIpc) is 3.70. The minimum atomic E-state index is -0.213. The molecule has 0 spiro atoms. The summed E-state index contributed by atoms with van der Waals surface area (Å²) in [5.41, 5.74) is 5.09. The van der Waals surface area contributed by atoms with Crippen molar-refractivity contribution < 1.29 is 9.47 Å². The first-order chi connectivity index (χ1) is 20.5. The predicted molar refractivity (Wildman–Crippen MR) is 167 cm³/mol. The first-order valence-corrected chi connectivity index (χ1v) is 14.9. The summed E-state index contributed by atoms with van der Waals surface area (Å²) in [6, 6.07) is 23.6. The van der Waals surface area contributed by atoms with Crippen molar-refractivity contribution >= 4 is 22.4 Å². The smallest absolute Gasteiger partial charge is 0.291 e. The van der Waals surface area contributed by atoms with Crippen molar-refractivity contribution in [1.82, 2.24) is 24.4 Å². The van der Waals surface area contributed by atoms with Crippen LogP contribution in [0, 0.1) is 6.92 Å². The Morgan fingerprint density at radius 2 is 1.71 bits per heavy atom. The molecule has 9 heteroatoms. The van der Waals surface area contributed by atoms with Gasteiger partial charge in [-0.2, -0.15) is 14.6 Å². The first-order valence-electron chi connectivity index (χ1n) is 14.1. The standard InChI is InChI=1S/C33H31N5O3S/c1-4-6-18-41-27-15-12-23(13-16-27)31-34-33-38(36-31)32(39)29(42-33)20-25-21-37(26-10-8-7-9-11-26)35-30(25)24-14-17-28(40-5-2)22(3)19-24/h7-17,19-21H,4-6,18H2,1-3H3. The molecule has 212 valence electrons. The van der Waals surface area contributed by atoms with Gasteiger partial charge < -0.3 is 9.47 Å². The van der Waals surface area contributed by atoms with Crippen molar-refractivity contribution in [3.05, 3.63) is 105 Å². The molecule has 0 saturated carbocycles. The van der Waals surface area contributed by atoms with E-state index in [1.165, 1.54) is 15.9 Å². The predicted octanol–water partition coefficient (Wildman–Crippen LogP) is 6.10. The molecule has 0 bridgehead atoms. The number of aromatic nitrogens is 5. The fourth-order valence-corrected chi connectivity index (χ4v) is 5.57. The van der Waals surface area contributed by atoms with Crippen LogP contribution in [-0.4, -0.2) is 37.6 Å². The molecular formula is C33H31N5O3S. The van der Waals surface area contributed by atoms with Gasteiger partial charge in [-0.05, 0) is 86.5 Å². The van der Waals surface area contributed by atoms with Gasteiger partial charge in [0.2, 0.25) is 4.96 Å². The van der Waals surface area contributed by atoms with Gasteiger partial charge in [-0.25, -0.2) is 4.68 Å². The molecule has 3 aromatic carbocycles. The number of para-hydroxylation sites is 1. The van der Waals surface area contributed by atoms with Crippen molar-refractivity contribution in [3.63, 3.8) is 0 Å². The fourth-order valence-electron chi connectivity index (χ4n) is 4.68. The average molecular weight is 578 g/mol. The van der Waals surface area contributed by atoms with Crippen molar-refractivity contribution in [2.45, 2.75) is 33.6 Å². The number of ether oxygens (including phenoxy) is 2. The van der Waals surface area contributed by atoms with Gasteiger partial charge in [-0.3, -0.25) is 4.79 Å². The Hall–Kier alpha value is -4.76. The quantitative estimate of drug-likeness (QED) is 0.183. The summed E-state index contributed by atoms with van der Waals surface area (Å²) in [7, 11) is 0. The molecule has 0 aliphatic heterocycles. The van der Waals surface area contributed by atoms with Gasteiger partial charge in [0, 0.05) is 22.9 Å². The Balaban J connectivity index is 1.37. The van der Waals surface area contributed by atoms with Crippen LogP contribution in [0.5, 0.6) is 11.5 Å². The van der Waals surface area contributed by atoms with Gasteiger partial charge in [-0.15, -0.1) is 5.10 Å². The van der Waals surface area contributed by atoms with Gasteiger partial charge in [0.15, 0.2) is 5.82 Å². The van der Waals surface area contributed by atoms with Crippen LogP contribution in [0.15, 0.2) is 83.8 Å². The number of fused-ring (bicyclic) bond motifs is 1. The second-order valence-corrected chi connectivity index (χ2v) is 10.9. The van der Waals surface area contributed by atoms with E-state index in [9.17, 15) is 4.79 Å². The summed E-state index contributed by atoms with van der Waals surface area (Å²) in [5.74, 6) is 2.16. The Morgan fingerprint density at radius 1 is 0.929 bits per heavy atom. The lowest BCUT2D eigenvalue weighted by Crippen LogP contribution is -2.23. The number of thiazole rings is 1. The molecule has 0 aliphatic carbocycles. The maximum Gasteiger partial charge on any atom is 0.291 e. The lowest BCUT2D eigenvalue weighted by molar-refractivity contribution is 0.309. The number of hydrogen-bond donors (Lipinski definition) is 0. The Kier molecular flexibility index (Phi) is 7.83. The highest BCUT2D eigenvalue weighted by molar-refractivity contribution is 7.15. The van der Waals surface area contributed by atoms with E-state index in [2.05, 4.69) is 23.1 Å². The molecular weight excluding hydrogens is 546 g/mol. The third-order valence-electron chi connectivity index (χ3n) is 6.86. The normalized spacial score (nSPS) is 11.8. The zero-order valence-electron chi connectivity index (χ0n) is 23.8. The molecule has 6 aromatic rings. The highest BCUT2D eigenvalue weighted by Crippen LogP contribution is 2.29. The molecule has 0 saturated heterocycles. The molecule has 3 heterocycles. The van der Waals surface area contributed by atoms with Crippen LogP contribution in [0.25, 0.3) is 39.4 Å². The third kappa shape index (κ3) is 5.56. The summed E-state index contributed by atoms with van der Waals surface area (Å²) in [4.78, 5) is 18.6. The minimum Gasteiger partial charge on any atom is -0.494 e. The molecule has 8 nitrogen and oxygen atoms in total. The number of rotatable bonds is 10. The van der Waals surface area contributed by atoms with Gasteiger partial charge in [0.25, 0.3) is 5.56 Å². The van der Waals surface area contributed by atoms with Crippen molar-refractivity contribution in [1.29, 1.82) is 0 Å². The molecule has 0 atom stereocenters. The van der Waals surface area contributed by atoms with Crippen LogP contribution < -0.4 is 19.6 Å². The Labute approximate surface area is 247 Å². The topological polar surface area (TPSA) is 83.5 Å². The highest BCUT2D eigenvalue weighted by Gasteiger charge is 2.16. The van der Waals surface area contributed by atoms with Gasteiger partial charge in [-0.1, -0.05) is 42.9 Å². The molecule has 0 N–H and O–H groups in total. The van der Waals surface area contributed by atoms with Crippen LogP contribution in [0.4, 0.5) is 0 Å². The molecule has 6 rings (SSSR count). The van der Waals surface area contributed by atoms with Crippen LogP contribution in [0.3, 0.4) is 0 Å². The largest absolute Gasteiger partial charge is 0.494 e. The van der Waals surface area contributed by atoms with Crippen LogP contribution in [-0.2, 0) is 0 Å². The molecule has 0 fully saturated rings. The molecule has 0 aliphatic rings. The van der Waals surface area contributed by atoms with Crippen LogP contribution >= 0.6 is 11.3 Å². The monoisotopic (exact) mass is 577 g/mol. The SMILES string of the molecule is CCCCOc1ccc(-c2nc3sc(=Cc4cn(-c5ccccc5)nc4-c4ccc(OCC)c(C)c4)c(=O)n3n2)cc1. The first kappa shape index (κ1) is 27.4. The number of unbranched alkanes of at least 4 members (excludes halogenated alkanes) is 1. The zero-order chi connectivity index (χ0) is 29.1. The van der Waals surface area contributed by atoms with Gasteiger partial charge in [0.1, 0.15) is 17.2 Å². The number of hydrogen-bond acceptors (Lipinski definition) is 7. The minimum absolute atomic E-state index is 0.213. The van der Waals surface area contributed by atoms with Crippen molar-refractivity contribution in [2.24, 2.45) is 0 Å². The molecule has 42 heavy (non-hydrogen) atoms.